The van der Waals surface area contributed by atoms with E-state index in [1.165, 1.54) is 48.2 Å². The molecule has 0 aromatic heterocycles. The third-order valence-electron chi connectivity index (χ3n) is 4.33. The molecule has 0 saturated heterocycles. The van der Waals surface area contributed by atoms with Crippen LogP contribution >= 0.6 is 0 Å². The van der Waals surface area contributed by atoms with Crippen LogP contribution in [0.4, 0.5) is 8.78 Å². The van der Waals surface area contributed by atoms with Crippen LogP contribution in [0.1, 0.15) is 30.1 Å². The van der Waals surface area contributed by atoms with Gasteiger partial charge in [-0.05, 0) is 55.2 Å². The van der Waals surface area contributed by atoms with Crippen molar-refractivity contribution in [3.8, 4) is 11.1 Å². The van der Waals surface area contributed by atoms with Crippen molar-refractivity contribution in [3.05, 3.63) is 59.7 Å². The molecular weight excluding hydrogens is 328 g/mol. The zero-order chi connectivity index (χ0) is 18.1. The molecule has 25 heavy (non-hydrogen) atoms. The number of aliphatic carboxylic acids is 1. The van der Waals surface area contributed by atoms with Crippen LogP contribution in [0, 0.1) is 11.6 Å². The number of amides is 1. The Morgan fingerprint density at radius 1 is 1.08 bits per heavy atom. The van der Waals surface area contributed by atoms with Gasteiger partial charge >= 0.3 is 5.97 Å². The zero-order valence-corrected chi connectivity index (χ0v) is 13.6. The molecule has 1 N–H and O–H groups in total. The van der Waals surface area contributed by atoms with E-state index in [0.29, 0.717) is 11.1 Å². The van der Waals surface area contributed by atoms with Gasteiger partial charge in [0, 0.05) is 6.04 Å². The summed E-state index contributed by atoms with van der Waals surface area (Å²) in [6, 6.07) is 8.54. The van der Waals surface area contributed by atoms with Crippen molar-refractivity contribution in [1.82, 2.24) is 4.90 Å². The van der Waals surface area contributed by atoms with Crippen LogP contribution in [-0.2, 0) is 4.79 Å². The van der Waals surface area contributed by atoms with E-state index in [1.54, 1.807) is 6.07 Å². The van der Waals surface area contributed by atoms with Crippen molar-refractivity contribution in [2.75, 3.05) is 0 Å². The molecule has 1 fully saturated rings. The molecule has 0 heterocycles. The highest BCUT2D eigenvalue weighted by Gasteiger charge is 2.39. The second-order valence-corrected chi connectivity index (χ2v) is 6.16. The molecular formula is C19H17F2NO3. The van der Waals surface area contributed by atoms with Crippen LogP contribution in [0.5, 0.6) is 0 Å². The maximum atomic E-state index is 14.5. The normalized spacial score (nSPS) is 14.8. The van der Waals surface area contributed by atoms with Crippen molar-refractivity contribution in [1.29, 1.82) is 0 Å². The second-order valence-electron chi connectivity index (χ2n) is 6.16. The highest BCUT2D eigenvalue weighted by molar-refractivity contribution is 5.97. The first kappa shape index (κ1) is 17.1. The van der Waals surface area contributed by atoms with E-state index in [1.807, 2.05) is 0 Å². The van der Waals surface area contributed by atoms with Gasteiger partial charge in [0.15, 0.2) is 0 Å². The summed E-state index contributed by atoms with van der Waals surface area (Å²) in [5.41, 5.74) is 0.974. The number of carboxylic acid groups (broad SMARTS) is 1. The molecule has 6 heteroatoms. The van der Waals surface area contributed by atoms with Gasteiger partial charge in [0.25, 0.3) is 5.91 Å². The molecule has 1 unspecified atom stereocenters. The zero-order valence-electron chi connectivity index (χ0n) is 13.6. The van der Waals surface area contributed by atoms with Crippen LogP contribution in [0.15, 0.2) is 42.5 Å². The third kappa shape index (κ3) is 3.52. The highest BCUT2D eigenvalue weighted by Crippen LogP contribution is 2.31. The van der Waals surface area contributed by atoms with Crippen LogP contribution in [0.2, 0.25) is 0 Å². The molecule has 2 aromatic rings. The van der Waals surface area contributed by atoms with Gasteiger partial charge in [0.1, 0.15) is 17.7 Å². The lowest BCUT2D eigenvalue weighted by molar-refractivity contribution is -0.141. The summed E-state index contributed by atoms with van der Waals surface area (Å²) in [5, 5.41) is 9.19. The summed E-state index contributed by atoms with van der Waals surface area (Å²) in [5.74, 6) is -2.86. The Morgan fingerprint density at radius 3 is 2.20 bits per heavy atom. The molecule has 0 bridgehead atoms. The first-order valence-corrected chi connectivity index (χ1v) is 7.99. The SMILES string of the molecule is CC(C(=O)O)N(C(=O)c1ccc(-c2ccc(F)cc2)cc1F)C1CC1. The minimum Gasteiger partial charge on any atom is -0.480 e. The maximum absolute atomic E-state index is 14.5. The molecule has 0 radical (unpaired) electrons. The summed E-state index contributed by atoms with van der Waals surface area (Å²) in [4.78, 5) is 25.1. The predicted octanol–water partition coefficient (Wildman–Crippen LogP) is 3.71. The van der Waals surface area contributed by atoms with Gasteiger partial charge < -0.3 is 10.0 Å². The van der Waals surface area contributed by atoms with Crippen LogP contribution in [0.25, 0.3) is 11.1 Å². The Bertz CT molecular complexity index is 816. The molecule has 0 spiro atoms. The van der Waals surface area contributed by atoms with Crippen LogP contribution in [-0.4, -0.2) is 34.0 Å². The average molecular weight is 345 g/mol. The second kappa shape index (κ2) is 6.63. The number of nitrogens with zero attached hydrogens (tertiary/aromatic N) is 1. The number of carboxylic acids is 1. The molecule has 1 atom stereocenters. The van der Waals surface area contributed by atoms with Crippen molar-refractivity contribution in [2.24, 2.45) is 0 Å². The smallest absolute Gasteiger partial charge is 0.326 e. The minimum atomic E-state index is -1.12. The molecule has 2 aromatic carbocycles. The fourth-order valence-electron chi connectivity index (χ4n) is 2.78. The summed E-state index contributed by atoms with van der Waals surface area (Å²) < 4.78 is 27.5. The molecule has 4 nitrogen and oxygen atoms in total. The van der Waals surface area contributed by atoms with Crippen molar-refractivity contribution < 1.29 is 23.5 Å². The molecule has 0 aliphatic heterocycles. The van der Waals surface area contributed by atoms with E-state index in [9.17, 15) is 23.5 Å². The molecule has 1 amide bonds. The summed E-state index contributed by atoms with van der Waals surface area (Å²) in [6.07, 6.45) is 1.44. The fraction of sp³-hybridized carbons (Fsp3) is 0.263. The van der Waals surface area contributed by atoms with E-state index in [0.717, 1.165) is 12.8 Å². The Labute approximate surface area is 143 Å². The Hall–Kier alpha value is -2.76. The first-order valence-electron chi connectivity index (χ1n) is 7.99. The lowest BCUT2D eigenvalue weighted by Crippen LogP contribution is -2.45. The predicted molar refractivity (Wildman–Crippen MR) is 88.1 cm³/mol. The number of hydrogen-bond donors (Lipinski definition) is 1. The lowest BCUT2D eigenvalue weighted by Gasteiger charge is -2.26. The quantitative estimate of drug-likeness (QED) is 0.899. The summed E-state index contributed by atoms with van der Waals surface area (Å²) >= 11 is 0. The Morgan fingerprint density at radius 2 is 1.68 bits per heavy atom. The number of hydrogen-bond acceptors (Lipinski definition) is 2. The number of carbonyl (C=O) groups excluding carboxylic acids is 1. The molecule has 1 saturated carbocycles. The van der Waals surface area contributed by atoms with Gasteiger partial charge in [-0.15, -0.1) is 0 Å². The van der Waals surface area contributed by atoms with E-state index in [-0.39, 0.29) is 11.6 Å². The number of rotatable bonds is 5. The summed E-state index contributed by atoms with van der Waals surface area (Å²) in [6.45, 7) is 1.42. The van der Waals surface area contributed by atoms with Gasteiger partial charge in [-0.25, -0.2) is 13.6 Å². The average Bonchev–Trinajstić information content (AvgIpc) is 3.40. The molecule has 1 aliphatic carbocycles. The fourth-order valence-corrected chi connectivity index (χ4v) is 2.78. The van der Waals surface area contributed by atoms with E-state index < -0.39 is 29.6 Å². The van der Waals surface area contributed by atoms with Gasteiger partial charge in [-0.2, -0.15) is 0 Å². The lowest BCUT2D eigenvalue weighted by atomic mass is 10.0. The molecule has 130 valence electrons. The van der Waals surface area contributed by atoms with E-state index >= 15 is 0 Å². The number of halogens is 2. The minimum absolute atomic E-state index is 0.158. The number of carbonyl (C=O) groups is 2. The third-order valence-corrected chi connectivity index (χ3v) is 4.33. The van der Waals surface area contributed by atoms with E-state index in [2.05, 4.69) is 0 Å². The molecule has 3 rings (SSSR count). The van der Waals surface area contributed by atoms with Gasteiger partial charge in [0.05, 0.1) is 5.56 Å². The van der Waals surface area contributed by atoms with Crippen LogP contribution < -0.4 is 0 Å². The van der Waals surface area contributed by atoms with Crippen molar-refractivity contribution in [3.63, 3.8) is 0 Å². The number of benzene rings is 2. The van der Waals surface area contributed by atoms with Gasteiger partial charge in [0.2, 0.25) is 0 Å². The first-order chi connectivity index (χ1) is 11.9. The van der Waals surface area contributed by atoms with Crippen LogP contribution in [0.3, 0.4) is 0 Å². The Kier molecular flexibility index (Phi) is 4.53. The monoisotopic (exact) mass is 345 g/mol. The van der Waals surface area contributed by atoms with Crippen molar-refractivity contribution >= 4 is 11.9 Å². The van der Waals surface area contributed by atoms with E-state index in [4.69, 9.17) is 0 Å². The largest absolute Gasteiger partial charge is 0.480 e. The topological polar surface area (TPSA) is 57.6 Å². The van der Waals surface area contributed by atoms with Gasteiger partial charge in [-0.3, -0.25) is 4.79 Å². The standard InChI is InChI=1S/C19H17F2NO3/c1-11(19(24)25)22(15-7-8-15)18(23)16-9-4-13(10-17(16)21)12-2-5-14(20)6-3-12/h2-6,9-11,15H,7-8H2,1H3,(H,24,25). The Balaban J connectivity index is 1.90. The molecule has 1 aliphatic rings. The van der Waals surface area contributed by atoms with Gasteiger partial charge in [-0.1, -0.05) is 18.2 Å². The highest BCUT2D eigenvalue weighted by atomic mass is 19.1. The maximum Gasteiger partial charge on any atom is 0.326 e. The van der Waals surface area contributed by atoms with Crippen molar-refractivity contribution in [2.45, 2.75) is 31.8 Å². The summed E-state index contributed by atoms with van der Waals surface area (Å²) in [7, 11) is 0.